The molecule has 0 aliphatic carbocycles. The molecule has 0 bridgehead atoms. The molecule has 0 fully saturated rings. The molecular formula is C44H42O9S2. The highest BCUT2D eigenvalue weighted by Crippen LogP contribution is 2.47. The molecule has 4 atom stereocenters. The van der Waals surface area contributed by atoms with E-state index in [0.29, 0.717) is 11.1 Å². The van der Waals surface area contributed by atoms with Crippen molar-refractivity contribution in [3.05, 3.63) is 203 Å². The second-order valence-corrected chi connectivity index (χ2v) is 16.6. The minimum atomic E-state index is -4.39. The Balaban J connectivity index is 1.50. The molecule has 6 rings (SSSR count). The third kappa shape index (κ3) is 9.12. The number of hydrogen-bond acceptors (Lipinski definition) is 9. The average Bonchev–Trinajstić information content (AvgIpc) is 3.21. The first-order valence-electron chi connectivity index (χ1n) is 17.6. The van der Waals surface area contributed by atoms with Crippen LogP contribution in [0.25, 0.3) is 0 Å². The van der Waals surface area contributed by atoms with Gasteiger partial charge in [-0.3, -0.25) is 8.37 Å². The van der Waals surface area contributed by atoms with E-state index in [1.54, 1.807) is 146 Å². The molecule has 0 amide bonds. The smallest absolute Gasteiger partial charge is 0.297 e. The van der Waals surface area contributed by atoms with Crippen LogP contribution in [0, 0.1) is 13.8 Å². The van der Waals surface area contributed by atoms with E-state index in [1.165, 1.54) is 24.3 Å². The van der Waals surface area contributed by atoms with Crippen molar-refractivity contribution in [1.29, 1.82) is 0 Å². The minimum Gasteiger partial charge on any atom is -0.380 e. The van der Waals surface area contributed by atoms with Gasteiger partial charge in [0.25, 0.3) is 20.2 Å². The maximum atomic E-state index is 13.6. The summed E-state index contributed by atoms with van der Waals surface area (Å²) in [4.78, 5) is -0.198. The number of ether oxygens (including phenoxy) is 1. The molecule has 11 heteroatoms. The highest BCUT2D eigenvalue weighted by atomic mass is 32.2. The Labute approximate surface area is 322 Å². The summed E-state index contributed by atoms with van der Waals surface area (Å²) in [5, 5.41) is 26.0. The number of aliphatic hydroxyl groups is 2. The highest BCUT2D eigenvalue weighted by molar-refractivity contribution is 7.87. The third-order valence-electron chi connectivity index (χ3n) is 9.38. The van der Waals surface area contributed by atoms with Gasteiger partial charge >= 0.3 is 0 Å². The average molecular weight is 779 g/mol. The van der Waals surface area contributed by atoms with E-state index in [1.807, 2.05) is 13.8 Å². The van der Waals surface area contributed by atoms with Gasteiger partial charge in [0, 0.05) is 0 Å². The van der Waals surface area contributed by atoms with Crippen molar-refractivity contribution in [2.24, 2.45) is 0 Å². The molecule has 2 N–H and O–H groups in total. The zero-order chi connectivity index (χ0) is 39.1. The van der Waals surface area contributed by atoms with Gasteiger partial charge in [0.1, 0.15) is 36.6 Å². The van der Waals surface area contributed by atoms with Gasteiger partial charge in [-0.05, 0) is 60.4 Å². The first kappa shape index (κ1) is 39.7. The van der Waals surface area contributed by atoms with Crippen LogP contribution in [-0.4, -0.2) is 40.3 Å². The van der Waals surface area contributed by atoms with Gasteiger partial charge in [0.05, 0.1) is 9.79 Å². The normalized spacial score (nSPS) is 15.3. The molecule has 55 heavy (non-hydrogen) atoms. The molecule has 0 aliphatic heterocycles. The summed E-state index contributed by atoms with van der Waals surface area (Å²) in [7, 11) is -8.78. The highest BCUT2D eigenvalue weighted by Gasteiger charge is 2.49. The SMILES string of the molecule is Cc1ccc(S(=O)(=O)OCC(O)(c2ccccc2)C(OC(c2ccccc2)C(O)(COS(=O)(=O)c2ccc(C)cc2)c2ccccc2)c2ccccc2)cc1. The minimum absolute atomic E-state index is 0.0989. The number of benzene rings is 6. The zero-order valence-electron chi connectivity index (χ0n) is 30.3. The van der Waals surface area contributed by atoms with Crippen LogP contribution in [0.1, 0.15) is 45.6 Å². The first-order chi connectivity index (χ1) is 26.3. The standard InChI is InChI=1S/C44H42O9S2/c1-33-23-27-39(28-24-33)54(47,48)51-31-43(45,37-19-11-5-12-20-37)41(35-15-7-3-8-16-35)53-42(36-17-9-4-10-18-36)44(46,38-21-13-6-14-22-38)32-52-55(49,50)40-29-25-34(2)26-30-40/h3-30,41-42,45-46H,31-32H2,1-2H3. The second-order valence-electron chi connectivity index (χ2n) is 13.4. The van der Waals surface area contributed by atoms with E-state index < -0.39 is 56.9 Å². The summed E-state index contributed by atoms with van der Waals surface area (Å²) in [5.74, 6) is 0. The molecule has 0 aromatic heterocycles. The Morgan fingerprint density at radius 2 is 0.745 bits per heavy atom. The van der Waals surface area contributed by atoms with Crippen molar-refractivity contribution in [2.75, 3.05) is 13.2 Å². The Hall–Kier alpha value is -4.98. The number of rotatable bonds is 16. The Morgan fingerprint density at radius 1 is 0.455 bits per heavy atom. The summed E-state index contributed by atoms with van der Waals surface area (Å²) in [6, 6.07) is 46.3. The molecule has 0 radical (unpaired) electrons. The summed E-state index contributed by atoms with van der Waals surface area (Å²) in [5.41, 5.74) is -1.40. The molecule has 9 nitrogen and oxygen atoms in total. The lowest BCUT2D eigenvalue weighted by Crippen LogP contribution is -2.46. The van der Waals surface area contributed by atoms with Gasteiger partial charge in [0.15, 0.2) is 0 Å². The molecule has 0 saturated carbocycles. The van der Waals surface area contributed by atoms with Crippen LogP contribution in [0.15, 0.2) is 180 Å². The molecule has 0 aliphatic rings. The number of hydrogen-bond donors (Lipinski definition) is 2. The lowest BCUT2D eigenvalue weighted by molar-refractivity contribution is -0.213. The van der Waals surface area contributed by atoms with Crippen molar-refractivity contribution < 1.29 is 40.2 Å². The van der Waals surface area contributed by atoms with Crippen LogP contribution in [0.5, 0.6) is 0 Å². The molecule has 0 heterocycles. The van der Waals surface area contributed by atoms with Crippen molar-refractivity contribution in [2.45, 2.75) is 47.0 Å². The fourth-order valence-corrected chi connectivity index (χ4v) is 8.16. The van der Waals surface area contributed by atoms with Gasteiger partial charge < -0.3 is 14.9 Å². The van der Waals surface area contributed by atoms with E-state index >= 15 is 0 Å². The molecule has 0 saturated heterocycles. The van der Waals surface area contributed by atoms with Crippen molar-refractivity contribution in [3.63, 3.8) is 0 Å². The van der Waals surface area contributed by atoms with E-state index in [2.05, 4.69) is 0 Å². The second kappa shape index (κ2) is 16.8. The largest absolute Gasteiger partial charge is 0.380 e. The molecular weight excluding hydrogens is 737 g/mol. The maximum absolute atomic E-state index is 13.6. The van der Waals surface area contributed by atoms with Gasteiger partial charge in [-0.25, -0.2) is 0 Å². The van der Waals surface area contributed by atoms with Gasteiger partial charge in [-0.2, -0.15) is 16.8 Å². The number of aryl methyl sites for hydroxylation is 2. The van der Waals surface area contributed by atoms with Gasteiger partial charge in [-0.1, -0.05) is 157 Å². The summed E-state index contributed by atoms with van der Waals surface area (Å²) >= 11 is 0. The van der Waals surface area contributed by atoms with E-state index in [0.717, 1.165) is 11.1 Å². The molecule has 4 unspecified atom stereocenters. The van der Waals surface area contributed by atoms with Crippen LogP contribution in [0.4, 0.5) is 0 Å². The maximum Gasteiger partial charge on any atom is 0.297 e. The Morgan fingerprint density at radius 3 is 1.05 bits per heavy atom. The quantitative estimate of drug-likeness (QED) is 0.0949. The monoisotopic (exact) mass is 778 g/mol. The molecule has 0 spiro atoms. The van der Waals surface area contributed by atoms with E-state index in [9.17, 15) is 27.0 Å². The van der Waals surface area contributed by atoms with Crippen molar-refractivity contribution in [1.82, 2.24) is 0 Å². The fraction of sp³-hybridized carbons (Fsp3) is 0.182. The lowest BCUT2D eigenvalue weighted by Gasteiger charge is -2.43. The lowest BCUT2D eigenvalue weighted by atomic mass is 9.82. The first-order valence-corrected chi connectivity index (χ1v) is 20.4. The van der Waals surface area contributed by atoms with E-state index in [-0.39, 0.29) is 20.9 Å². The topological polar surface area (TPSA) is 136 Å². The van der Waals surface area contributed by atoms with Gasteiger partial charge in [-0.15, -0.1) is 0 Å². The fourth-order valence-electron chi connectivity index (χ4n) is 6.28. The van der Waals surface area contributed by atoms with Gasteiger partial charge in [0.2, 0.25) is 0 Å². The van der Waals surface area contributed by atoms with Crippen LogP contribution in [0.2, 0.25) is 0 Å². The predicted molar refractivity (Wildman–Crippen MR) is 209 cm³/mol. The van der Waals surface area contributed by atoms with Crippen LogP contribution >= 0.6 is 0 Å². The van der Waals surface area contributed by atoms with Crippen LogP contribution < -0.4 is 0 Å². The molecule has 6 aromatic rings. The summed E-state index contributed by atoms with van der Waals surface area (Å²) in [6.07, 6.45) is -2.86. The zero-order valence-corrected chi connectivity index (χ0v) is 31.9. The van der Waals surface area contributed by atoms with Crippen molar-refractivity contribution in [3.8, 4) is 0 Å². The van der Waals surface area contributed by atoms with Crippen LogP contribution in [-0.2, 0) is 44.5 Å². The molecule has 284 valence electrons. The third-order valence-corrected chi connectivity index (χ3v) is 11.9. The Kier molecular flexibility index (Phi) is 12.1. The Bertz CT molecular complexity index is 2190. The van der Waals surface area contributed by atoms with Crippen LogP contribution in [0.3, 0.4) is 0 Å². The summed E-state index contributed by atoms with van der Waals surface area (Å²) in [6.45, 7) is 2.07. The molecule has 6 aromatic carbocycles. The summed E-state index contributed by atoms with van der Waals surface area (Å²) < 4.78 is 72.7. The van der Waals surface area contributed by atoms with Crippen molar-refractivity contribution >= 4 is 20.2 Å². The predicted octanol–water partition coefficient (Wildman–Crippen LogP) is 7.69. The van der Waals surface area contributed by atoms with E-state index in [4.69, 9.17) is 13.1 Å².